The van der Waals surface area contributed by atoms with E-state index in [1.807, 2.05) is 6.92 Å². The van der Waals surface area contributed by atoms with Gasteiger partial charge in [0.15, 0.2) is 0 Å². The lowest BCUT2D eigenvalue weighted by atomic mass is 10.1. The summed E-state index contributed by atoms with van der Waals surface area (Å²) in [4.78, 5) is 10.8. The predicted molar refractivity (Wildman–Crippen MR) is 89.0 cm³/mol. The van der Waals surface area contributed by atoms with Gasteiger partial charge in [-0.1, -0.05) is 21.8 Å². The van der Waals surface area contributed by atoms with Crippen LogP contribution in [-0.4, -0.2) is 57.1 Å². The first-order valence-corrected chi connectivity index (χ1v) is 7.25. The van der Waals surface area contributed by atoms with E-state index in [2.05, 4.69) is 0 Å². The van der Waals surface area contributed by atoms with Crippen LogP contribution in [0.15, 0.2) is 0 Å². The van der Waals surface area contributed by atoms with Crippen LogP contribution in [0.25, 0.3) is 0 Å². The number of hydrogen-bond donors (Lipinski definition) is 1. The van der Waals surface area contributed by atoms with Gasteiger partial charge in [0.25, 0.3) is 0 Å². The first-order chi connectivity index (χ1) is 10.1. The summed E-state index contributed by atoms with van der Waals surface area (Å²) < 4.78 is 52.1. The Bertz CT molecular complexity index is 312. The molecule has 148 valence electrons. The summed E-state index contributed by atoms with van der Waals surface area (Å²) in [6, 6.07) is -0.0262. The molecular weight excluding hydrogens is 327 g/mol. The Morgan fingerprint density at radius 1 is 1.00 bits per heavy atom. The molecule has 0 aliphatic carbocycles. The van der Waals surface area contributed by atoms with E-state index >= 15 is 0 Å². The first kappa shape index (κ1) is 28.1. The SMILES string of the molecule is C.C.CC(N)COCCOC(C)COCC(C)CC(=O)C(F)(F)F. The van der Waals surface area contributed by atoms with Gasteiger partial charge in [0.1, 0.15) is 0 Å². The van der Waals surface area contributed by atoms with E-state index in [0.717, 1.165) is 0 Å². The number of rotatable bonds is 12. The number of ether oxygens (including phenoxy) is 3. The number of hydrogen-bond acceptors (Lipinski definition) is 5. The summed E-state index contributed by atoms with van der Waals surface area (Å²) in [7, 11) is 0. The Morgan fingerprint density at radius 2 is 1.58 bits per heavy atom. The van der Waals surface area contributed by atoms with Gasteiger partial charge in [-0.15, -0.1) is 0 Å². The highest BCUT2D eigenvalue weighted by Gasteiger charge is 2.38. The van der Waals surface area contributed by atoms with Crippen LogP contribution >= 0.6 is 0 Å². The highest BCUT2D eigenvalue weighted by molar-refractivity contribution is 5.84. The van der Waals surface area contributed by atoms with E-state index in [-0.39, 0.29) is 40.2 Å². The van der Waals surface area contributed by atoms with Gasteiger partial charge in [-0.3, -0.25) is 4.79 Å². The van der Waals surface area contributed by atoms with Crippen LogP contribution in [0.1, 0.15) is 42.0 Å². The largest absolute Gasteiger partial charge is 0.449 e. The number of carbonyl (C=O) groups is 1. The zero-order valence-electron chi connectivity index (χ0n) is 13.3. The minimum Gasteiger partial charge on any atom is -0.378 e. The summed E-state index contributed by atoms with van der Waals surface area (Å²) in [5.41, 5.74) is 5.51. The van der Waals surface area contributed by atoms with Crippen LogP contribution < -0.4 is 5.73 Å². The number of alkyl halides is 3. The first-order valence-electron chi connectivity index (χ1n) is 7.25. The lowest BCUT2D eigenvalue weighted by Gasteiger charge is -2.16. The molecule has 0 aliphatic heterocycles. The van der Waals surface area contributed by atoms with Crippen molar-refractivity contribution in [1.82, 2.24) is 0 Å². The highest BCUT2D eigenvalue weighted by atomic mass is 19.4. The van der Waals surface area contributed by atoms with Crippen molar-refractivity contribution in [1.29, 1.82) is 0 Å². The summed E-state index contributed by atoms with van der Waals surface area (Å²) in [6.07, 6.45) is -5.54. The molecule has 0 aliphatic rings. The molecular formula is C16H34F3NO4. The van der Waals surface area contributed by atoms with Crippen molar-refractivity contribution in [2.75, 3.05) is 33.0 Å². The molecule has 0 aromatic rings. The molecule has 0 saturated heterocycles. The minimum atomic E-state index is -4.77. The Hall–Kier alpha value is -0.700. The second-order valence-electron chi connectivity index (χ2n) is 5.50. The highest BCUT2D eigenvalue weighted by Crippen LogP contribution is 2.20. The fourth-order valence-corrected chi connectivity index (χ4v) is 1.55. The predicted octanol–water partition coefficient (Wildman–Crippen LogP) is 3.20. The van der Waals surface area contributed by atoms with Crippen molar-refractivity contribution < 1.29 is 32.2 Å². The van der Waals surface area contributed by atoms with Gasteiger partial charge >= 0.3 is 6.18 Å². The third-order valence-corrected chi connectivity index (χ3v) is 2.62. The lowest BCUT2D eigenvalue weighted by molar-refractivity contribution is -0.172. The molecule has 8 heteroatoms. The molecule has 0 amide bonds. The molecule has 0 aromatic heterocycles. The molecule has 0 aromatic carbocycles. The zero-order chi connectivity index (χ0) is 17.2. The van der Waals surface area contributed by atoms with Crippen molar-refractivity contribution in [2.24, 2.45) is 11.7 Å². The Kier molecular flexibility index (Phi) is 17.1. The monoisotopic (exact) mass is 361 g/mol. The maximum absolute atomic E-state index is 12.1. The van der Waals surface area contributed by atoms with Gasteiger partial charge in [0.05, 0.1) is 32.5 Å². The van der Waals surface area contributed by atoms with Gasteiger partial charge in [-0.05, 0) is 19.8 Å². The van der Waals surface area contributed by atoms with Crippen molar-refractivity contribution >= 4 is 5.78 Å². The van der Waals surface area contributed by atoms with E-state index in [1.54, 1.807) is 6.92 Å². The maximum atomic E-state index is 12.1. The van der Waals surface area contributed by atoms with Gasteiger partial charge in [-0.2, -0.15) is 13.2 Å². The molecule has 0 rings (SSSR count). The molecule has 0 saturated carbocycles. The summed E-state index contributed by atoms with van der Waals surface area (Å²) in [5.74, 6) is -2.21. The fraction of sp³-hybridized carbons (Fsp3) is 0.938. The van der Waals surface area contributed by atoms with Gasteiger partial charge in [0.2, 0.25) is 5.78 Å². The Labute approximate surface area is 144 Å². The molecule has 3 unspecified atom stereocenters. The van der Waals surface area contributed by atoms with Gasteiger partial charge in [-0.25, -0.2) is 0 Å². The Balaban J connectivity index is -0.00000220. The molecule has 5 nitrogen and oxygen atoms in total. The van der Waals surface area contributed by atoms with E-state index < -0.39 is 24.3 Å². The average Bonchev–Trinajstić information content (AvgIpc) is 2.36. The standard InChI is InChI=1S/C14H26F3NO4.2CH4/c1-10(6-13(19)14(15,16)17)7-21-9-12(3)22-5-4-20-8-11(2)18;;/h10-12H,4-9,18H2,1-3H3;2*1H4. The van der Waals surface area contributed by atoms with Crippen LogP contribution in [0.5, 0.6) is 0 Å². The molecule has 0 radical (unpaired) electrons. The number of nitrogens with two attached hydrogens (primary N) is 1. The molecule has 0 bridgehead atoms. The molecule has 0 heterocycles. The second kappa shape index (κ2) is 14.6. The number of Topliss-reactive ketones (excluding diaryl/α,β-unsaturated/α-hetero) is 1. The van der Waals surface area contributed by atoms with Crippen molar-refractivity contribution in [3.05, 3.63) is 0 Å². The maximum Gasteiger partial charge on any atom is 0.449 e. The van der Waals surface area contributed by atoms with Crippen LogP contribution in [0, 0.1) is 5.92 Å². The minimum absolute atomic E-state index is 0. The third kappa shape index (κ3) is 16.2. The summed E-state index contributed by atoms with van der Waals surface area (Å²) in [5, 5.41) is 0. The second-order valence-corrected chi connectivity index (χ2v) is 5.50. The van der Waals surface area contributed by atoms with Crippen LogP contribution in [0.3, 0.4) is 0 Å². The van der Waals surface area contributed by atoms with Crippen molar-refractivity contribution in [3.63, 3.8) is 0 Å². The summed E-state index contributed by atoms with van der Waals surface area (Å²) in [6.45, 7) is 6.76. The van der Waals surface area contributed by atoms with E-state index in [9.17, 15) is 18.0 Å². The van der Waals surface area contributed by atoms with E-state index in [0.29, 0.717) is 19.8 Å². The molecule has 0 fully saturated rings. The number of halogens is 3. The van der Waals surface area contributed by atoms with Gasteiger partial charge < -0.3 is 19.9 Å². The average molecular weight is 361 g/mol. The normalized spacial score (nSPS) is 15.0. The fourth-order valence-electron chi connectivity index (χ4n) is 1.55. The third-order valence-electron chi connectivity index (χ3n) is 2.62. The Morgan fingerprint density at radius 3 is 2.08 bits per heavy atom. The van der Waals surface area contributed by atoms with Crippen molar-refractivity contribution in [3.8, 4) is 0 Å². The van der Waals surface area contributed by atoms with Gasteiger partial charge in [0, 0.05) is 19.1 Å². The smallest absolute Gasteiger partial charge is 0.378 e. The topological polar surface area (TPSA) is 70.8 Å². The molecule has 3 atom stereocenters. The van der Waals surface area contributed by atoms with E-state index in [1.165, 1.54) is 6.92 Å². The zero-order valence-corrected chi connectivity index (χ0v) is 13.3. The van der Waals surface area contributed by atoms with Crippen molar-refractivity contribution in [2.45, 2.75) is 60.4 Å². The van der Waals surface area contributed by atoms with E-state index in [4.69, 9.17) is 19.9 Å². The summed E-state index contributed by atoms with van der Waals surface area (Å²) >= 11 is 0. The number of carbonyl (C=O) groups excluding carboxylic acids is 1. The molecule has 0 spiro atoms. The van der Waals surface area contributed by atoms with Crippen LogP contribution in [0.4, 0.5) is 13.2 Å². The molecule has 24 heavy (non-hydrogen) atoms. The van der Waals surface area contributed by atoms with Crippen LogP contribution in [-0.2, 0) is 19.0 Å². The quantitative estimate of drug-likeness (QED) is 0.541. The number of ketones is 1. The van der Waals surface area contributed by atoms with Crippen LogP contribution in [0.2, 0.25) is 0 Å². The molecule has 2 N–H and O–H groups in total. The lowest BCUT2D eigenvalue weighted by Crippen LogP contribution is -2.27.